The molecule has 2 aromatic heterocycles. The molecule has 2 heterocycles. The van der Waals surface area contributed by atoms with E-state index in [1.54, 1.807) is 16.7 Å². The third-order valence-corrected chi connectivity index (χ3v) is 3.08. The minimum Gasteiger partial charge on any atom is -0.296 e. The van der Waals surface area contributed by atoms with Gasteiger partial charge in [-0.3, -0.25) is 4.40 Å². The lowest BCUT2D eigenvalue weighted by Gasteiger charge is -2.05. The lowest BCUT2D eigenvalue weighted by Crippen LogP contribution is -1.92. The van der Waals surface area contributed by atoms with Crippen LogP contribution in [0.5, 0.6) is 0 Å². The summed E-state index contributed by atoms with van der Waals surface area (Å²) in [6.45, 7) is 1.96. The molecule has 16 heavy (non-hydrogen) atoms. The van der Waals surface area contributed by atoms with E-state index in [0.29, 0.717) is 10.1 Å². The minimum atomic E-state index is -0.226. The Morgan fingerprint density at radius 1 is 1.38 bits per heavy atom. The molecule has 3 aromatic rings. The number of hydrogen-bond donors (Lipinski definition) is 0. The molecule has 4 heteroatoms. The number of aromatic nitrogens is 2. The maximum Gasteiger partial charge on any atom is 0.147 e. The molecule has 0 spiro atoms. The second-order valence-corrected chi connectivity index (χ2v) is 4.57. The SMILES string of the molecule is Cc1cc2nc(Br)cn2c2c(F)cccc12. The number of para-hydroxylation sites is 1. The van der Waals surface area contributed by atoms with E-state index in [-0.39, 0.29) is 5.82 Å². The van der Waals surface area contributed by atoms with Gasteiger partial charge in [-0.15, -0.1) is 0 Å². The Labute approximate surface area is 99.8 Å². The quantitative estimate of drug-likeness (QED) is 0.613. The Morgan fingerprint density at radius 2 is 2.19 bits per heavy atom. The molecule has 0 radical (unpaired) electrons. The van der Waals surface area contributed by atoms with Gasteiger partial charge in [-0.2, -0.15) is 0 Å². The molecule has 2 nitrogen and oxygen atoms in total. The molecular formula is C12H8BrFN2. The number of benzene rings is 1. The molecular weight excluding hydrogens is 271 g/mol. The molecule has 0 saturated carbocycles. The highest BCUT2D eigenvalue weighted by Crippen LogP contribution is 2.24. The van der Waals surface area contributed by atoms with Crippen molar-refractivity contribution < 1.29 is 4.39 Å². The molecule has 1 aromatic carbocycles. The predicted molar refractivity (Wildman–Crippen MR) is 65.1 cm³/mol. The first-order chi connectivity index (χ1) is 7.66. The van der Waals surface area contributed by atoms with Crippen molar-refractivity contribution in [3.8, 4) is 0 Å². The summed E-state index contributed by atoms with van der Waals surface area (Å²) in [5, 5.41) is 0.914. The van der Waals surface area contributed by atoms with Gasteiger partial charge in [-0.1, -0.05) is 12.1 Å². The first-order valence-electron chi connectivity index (χ1n) is 4.89. The minimum absolute atomic E-state index is 0.226. The van der Waals surface area contributed by atoms with Crippen molar-refractivity contribution >= 4 is 32.5 Å². The van der Waals surface area contributed by atoms with Gasteiger partial charge in [0.1, 0.15) is 16.1 Å². The largest absolute Gasteiger partial charge is 0.296 e. The van der Waals surface area contributed by atoms with E-state index in [1.807, 2.05) is 19.1 Å². The first kappa shape index (κ1) is 9.78. The van der Waals surface area contributed by atoms with Crippen molar-refractivity contribution in [3.63, 3.8) is 0 Å². The Balaban J connectivity index is 2.66. The molecule has 0 aliphatic heterocycles. The number of nitrogens with zero attached hydrogens (tertiary/aromatic N) is 2. The van der Waals surface area contributed by atoms with Crippen LogP contribution in [0.3, 0.4) is 0 Å². The van der Waals surface area contributed by atoms with Gasteiger partial charge < -0.3 is 0 Å². The molecule has 0 aliphatic carbocycles. The highest BCUT2D eigenvalue weighted by molar-refractivity contribution is 9.10. The number of pyridine rings is 1. The molecule has 0 unspecified atom stereocenters. The Hall–Kier alpha value is -1.42. The zero-order valence-corrected chi connectivity index (χ0v) is 10.1. The van der Waals surface area contributed by atoms with Gasteiger partial charge in [0.05, 0.1) is 5.52 Å². The van der Waals surface area contributed by atoms with Crippen LogP contribution in [-0.2, 0) is 0 Å². The monoisotopic (exact) mass is 278 g/mol. The van der Waals surface area contributed by atoms with Crippen LogP contribution in [0.2, 0.25) is 0 Å². The fourth-order valence-corrected chi connectivity index (χ4v) is 2.38. The van der Waals surface area contributed by atoms with E-state index < -0.39 is 0 Å². The highest BCUT2D eigenvalue weighted by Gasteiger charge is 2.09. The maximum absolute atomic E-state index is 13.8. The van der Waals surface area contributed by atoms with Gasteiger partial charge in [0, 0.05) is 11.6 Å². The van der Waals surface area contributed by atoms with Gasteiger partial charge in [-0.05, 0) is 40.5 Å². The highest BCUT2D eigenvalue weighted by atomic mass is 79.9. The summed E-state index contributed by atoms with van der Waals surface area (Å²) in [6.07, 6.45) is 1.78. The van der Waals surface area contributed by atoms with Gasteiger partial charge in [0.15, 0.2) is 0 Å². The first-order valence-corrected chi connectivity index (χ1v) is 5.68. The Morgan fingerprint density at radius 3 is 3.00 bits per heavy atom. The summed E-state index contributed by atoms with van der Waals surface area (Å²) in [6, 6.07) is 7.06. The van der Waals surface area contributed by atoms with E-state index in [1.165, 1.54) is 6.07 Å². The van der Waals surface area contributed by atoms with Crippen molar-refractivity contribution in [3.05, 3.63) is 46.4 Å². The number of aryl methyl sites for hydroxylation is 1. The topological polar surface area (TPSA) is 17.3 Å². The van der Waals surface area contributed by atoms with Crippen LogP contribution in [0.25, 0.3) is 16.6 Å². The van der Waals surface area contributed by atoms with E-state index in [0.717, 1.165) is 16.6 Å². The number of rotatable bonds is 0. The van der Waals surface area contributed by atoms with Crippen molar-refractivity contribution in [1.82, 2.24) is 9.38 Å². The molecule has 0 amide bonds. The molecule has 0 atom stereocenters. The van der Waals surface area contributed by atoms with Crippen LogP contribution in [0.1, 0.15) is 5.56 Å². The van der Waals surface area contributed by atoms with Gasteiger partial charge in [0.25, 0.3) is 0 Å². The Bertz CT molecular complexity index is 703. The lowest BCUT2D eigenvalue weighted by molar-refractivity contribution is 0.635. The second-order valence-electron chi connectivity index (χ2n) is 3.76. The molecule has 80 valence electrons. The number of imidazole rings is 1. The van der Waals surface area contributed by atoms with E-state index in [9.17, 15) is 4.39 Å². The van der Waals surface area contributed by atoms with Crippen LogP contribution in [0, 0.1) is 12.7 Å². The van der Waals surface area contributed by atoms with Gasteiger partial charge >= 0.3 is 0 Å². The normalized spacial score (nSPS) is 11.4. The Kier molecular flexibility index (Phi) is 2.01. The molecule has 0 bridgehead atoms. The number of hydrogen-bond acceptors (Lipinski definition) is 1. The van der Waals surface area contributed by atoms with Gasteiger partial charge in [0.2, 0.25) is 0 Å². The fourth-order valence-electron chi connectivity index (χ4n) is 2.00. The zero-order chi connectivity index (χ0) is 11.3. The molecule has 3 rings (SSSR count). The van der Waals surface area contributed by atoms with E-state index in [4.69, 9.17) is 0 Å². The number of halogens is 2. The van der Waals surface area contributed by atoms with Gasteiger partial charge in [-0.25, -0.2) is 9.37 Å². The molecule has 0 N–H and O–H groups in total. The van der Waals surface area contributed by atoms with Crippen LogP contribution >= 0.6 is 15.9 Å². The standard InChI is InChI=1S/C12H8BrFN2/c1-7-5-11-15-10(13)6-16(11)12-8(7)3-2-4-9(12)14/h2-6H,1H3. The molecule has 0 fully saturated rings. The summed E-state index contributed by atoms with van der Waals surface area (Å²) < 4.78 is 16.3. The van der Waals surface area contributed by atoms with Crippen LogP contribution < -0.4 is 0 Å². The molecule has 0 aliphatic rings. The van der Waals surface area contributed by atoms with Crippen LogP contribution in [-0.4, -0.2) is 9.38 Å². The summed E-state index contributed by atoms with van der Waals surface area (Å²) in [5.41, 5.74) is 2.36. The van der Waals surface area contributed by atoms with Crippen molar-refractivity contribution in [1.29, 1.82) is 0 Å². The smallest absolute Gasteiger partial charge is 0.147 e. The van der Waals surface area contributed by atoms with Crippen LogP contribution in [0.15, 0.2) is 35.1 Å². The third kappa shape index (κ3) is 1.26. The third-order valence-electron chi connectivity index (χ3n) is 2.70. The summed E-state index contributed by atoms with van der Waals surface area (Å²) in [4.78, 5) is 4.28. The van der Waals surface area contributed by atoms with E-state index >= 15 is 0 Å². The lowest BCUT2D eigenvalue weighted by atomic mass is 10.1. The average Bonchev–Trinajstić information content (AvgIpc) is 2.59. The molecule has 0 saturated heterocycles. The summed E-state index contributed by atoms with van der Waals surface area (Å²) in [7, 11) is 0. The van der Waals surface area contributed by atoms with Crippen molar-refractivity contribution in [2.24, 2.45) is 0 Å². The van der Waals surface area contributed by atoms with Crippen molar-refractivity contribution in [2.75, 3.05) is 0 Å². The fraction of sp³-hybridized carbons (Fsp3) is 0.0833. The average molecular weight is 279 g/mol. The summed E-state index contributed by atoms with van der Waals surface area (Å²) in [5.74, 6) is -0.226. The maximum atomic E-state index is 13.8. The predicted octanol–water partition coefficient (Wildman–Crippen LogP) is 3.70. The second kappa shape index (κ2) is 3.28. The van der Waals surface area contributed by atoms with E-state index in [2.05, 4.69) is 20.9 Å². The van der Waals surface area contributed by atoms with Crippen LogP contribution in [0.4, 0.5) is 4.39 Å². The summed E-state index contributed by atoms with van der Waals surface area (Å²) >= 11 is 3.31. The van der Waals surface area contributed by atoms with Crippen molar-refractivity contribution in [2.45, 2.75) is 6.92 Å². The number of fused-ring (bicyclic) bond motifs is 3. The zero-order valence-electron chi connectivity index (χ0n) is 8.54.